The van der Waals surface area contributed by atoms with E-state index in [9.17, 15) is 9.90 Å². The second kappa shape index (κ2) is 7.26. The number of aromatic hydroxyl groups is 1. The van der Waals surface area contributed by atoms with Crippen molar-refractivity contribution >= 4 is 11.6 Å². The van der Waals surface area contributed by atoms with Crippen molar-refractivity contribution in [1.82, 2.24) is 0 Å². The molecule has 2 atom stereocenters. The van der Waals surface area contributed by atoms with E-state index in [4.69, 9.17) is 9.47 Å². The first-order valence-corrected chi connectivity index (χ1v) is 6.99. The Labute approximate surface area is 118 Å². The van der Waals surface area contributed by atoms with Crippen molar-refractivity contribution in [2.45, 2.75) is 38.4 Å². The normalized spacial score (nSPS) is 20.4. The SMILES string of the molecule is C[C@@H](OC[C@@H]1CCCCO1)C(=O)Nc1ccccc1O. The summed E-state index contributed by atoms with van der Waals surface area (Å²) in [5, 5.41) is 12.2. The Morgan fingerprint density at radius 3 is 3.00 bits per heavy atom. The van der Waals surface area contributed by atoms with Gasteiger partial charge in [-0.1, -0.05) is 12.1 Å². The molecule has 0 aromatic heterocycles. The molecule has 1 aliphatic heterocycles. The molecule has 1 heterocycles. The molecule has 0 saturated carbocycles. The van der Waals surface area contributed by atoms with Gasteiger partial charge in [-0.05, 0) is 38.3 Å². The summed E-state index contributed by atoms with van der Waals surface area (Å²) < 4.78 is 11.1. The Bertz CT molecular complexity index is 443. The summed E-state index contributed by atoms with van der Waals surface area (Å²) in [6.45, 7) is 2.89. The number of para-hydroxylation sites is 2. The Kier molecular flexibility index (Phi) is 5.38. The van der Waals surface area contributed by atoms with Gasteiger partial charge >= 0.3 is 0 Å². The molecular formula is C15H21NO4. The van der Waals surface area contributed by atoms with Crippen LogP contribution in [0.25, 0.3) is 0 Å². The van der Waals surface area contributed by atoms with Crippen molar-refractivity contribution in [3.63, 3.8) is 0 Å². The number of hydrogen-bond donors (Lipinski definition) is 2. The molecule has 20 heavy (non-hydrogen) atoms. The number of rotatable bonds is 5. The van der Waals surface area contributed by atoms with Gasteiger partial charge in [0.15, 0.2) is 0 Å². The number of nitrogens with one attached hydrogen (secondary N) is 1. The maximum atomic E-state index is 11.9. The van der Waals surface area contributed by atoms with E-state index < -0.39 is 6.10 Å². The number of amides is 1. The fourth-order valence-electron chi connectivity index (χ4n) is 2.08. The molecule has 1 saturated heterocycles. The predicted molar refractivity (Wildman–Crippen MR) is 75.7 cm³/mol. The van der Waals surface area contributed by atoms with Crippen LogP contribution in [0.4, 0.5) is 5.69 Å². The van der Waals surface area contributed by atoms with E-state index in [2.05, 4.69) is 5.32 Å². The van der Waals surface area contributed by atoms with Gasteiger partial charge in [-0.2, -0.15) is 0 Å². The molecule has 1 aromatic rings. The average Bonchev–Trinajstić information content (AvgIpc) is 2.48. The van der Waals surface area contributed by atoms with Gasteiger partial charge in [-0.3, -0.25) is 4.79 Å². The second-order valence-electron chi connectivity index (χ2n) is 4.97. The van der Waals surface area contributed by atoms with E-state index in [1.165, 1.54) is 6.07 Å². The molecule has 0 radical (unpaired) electrons. The highest BCUT2D eigenvalue weighted by Crippen LogP contribution is 2.21. The molecule has 2 rings (SSSR count). The first kappa shape index (κ1) is 14.8. The third-order valence-electron chi connectivity index (χ3n) is 3.34. The van der Waals surface area contributed by atoms with Gasteiger partial charge in [-0.25, -0.2) is 0 Å². The number of carbonyl (C=O) groups is 1. The van der Waals surface area contributed by atoms with E-state index in [0.717, 1.165) is 25.9 Å². The predicted octanol–water partition coefficient (Wildman–Crippen LogP) is 2.30. The zero-order valence-corrected chi connectivity index (χ0v) is 11.7. The summed E-state index contributed by atoms with van der Waals surface area (Å²) in [6, 6.07) is 6.61. The van der Waals surface area contributed by atoms with Crippen molar-refractivity contribution in [2.24, 2.45) is 0 Å². The number of ether oxygens (including phenoxy) is 2. The molecule has 5 heteroatoms. The number of phenols is 1. The first-order chi connectivity index (χ1) is 9.66. The Hall–Kier alpha value is -1.59. The third-order valence-corrected chi connectivity index (χ3v) is 3.34. The Morgan fingerprint density at radius 1 is 1.50 bits per heavy atom. The fraction of sp³-hybridized carbons (Fsp3) is 0.533. The van der Waals surface area contributed by atoms with Crippen LogP contribution in [0.5, 0.6) is 5.75 Å². The van der Waals surface area contributed by atoms with E-state index in [0.29, 0.717) is 12.3 Å². The maximum Gasteiger partial charge on any atom is 0.253 e. The van der Waals surface area contributed by atoms with Gasteiger partial charge in [0.2, 0.25) is 0 Å². The highest BCUT2D eigenvalue weighted by Gasteiger charge is 2.19. The fourth-order valence-corrected chi connectivity index (χ4v) is 2.08. The molecule has 0 bridgehead atoms. The molecule has 110 valence electrons. The smallest absolute Gasteiger partial charge is 0.253 e. The molecule has 5 nitrogen and oxygen atoms in total. The molecule has 0 unspecified atom stereocenters. The van der Waals surface area contributed by atoms with Crippen LogP contribution in [-0.2, 0) is 14.3 Å². The summed E-state index contributed by atoms with van der Waals surface area (Å²) in [6.07, 6.45) is 2.73. The number of anilines is 1. The van der Waals surface area contributed by atoms with Crippen LogP contribution in [0.15, 0.2) is 24.3 Å². The minimum atomic E-state index is -0.583. The molecule has 1 amide bonds. The van der Waals surface area contributed by atoms with Gasteiger partial charge in [0.25, 0.3) is 5.91 Å². The van der Waals surface area contributed by atoms with Crippen molar-refractivity contribution in [3.05, 3.63) is 24.3 Å². The van der Waals surface area contributed by atoms with Crippen molar-refractivity contribution < 1.29 is 19.4 Å². The standard InChI is InChI=1S/C15H21NO4/c1-11(20-10-12-6-4-5-9-19-12)15(18)16-13-7-2-3-8-14(13)17/h2-3,7-8,11-12,17H,4-6,9-10H2,1H3,(H,16,18)/t11-,12+/m1/s1. The van der Waals surface area contributed by atoms with Gasteiger partial charge in [0, 0.05) is 6.61 Å². The van der Waals surface area contributed by atoms with Crippen molar-refractivity contribution in [2.75, 3.05) is 18.5 Å². The summed E-state index contributed by atoms with van der Waals surface area (Å²) >= 11 is 0. The lowest BCUT2D eigenvalue weighted by atomic mass is 10.1. The summed E-state index contributed by atoms with van der Waals surface area (Å²) in [5.74, 6) is -0.231. The number of hydrogen-bond acceptors (Lipinski definition) is 4. The molecule has 1 fully saturated rings. The minimum absolute atomic E-state index is 0.0451. The quantitative estimate of drug-likeness (QED) is 0.812. The summed E-state index contributed by atoms with van der Waals surface area (Å²) in [7, 11) is 0. The minimum Gasteiger partial charge on any atom is -0.506 e. The van der Waals surface area contributed by atoms with E-state index in [-0.39, 0.29) is 17.8 Å². The lowest BCUT2D eigenvalue weighted by molar-refractivity contribution is -0.130. The topological polar surface area (TPSA) is 67.8 Å². The Morgan fingerprint density at radius 2 is 2.30 bits per heavy atom. The first-order valence-electron chi connectivity index (χ1n) is 6.99. The van der Waals surface area contributed by atoms with E-state index in [1.807, 2.05) is 0 Å². The van der Waals surface area contributed by atoms with Gasteiger partial charge in [0.05, 0.1) is 18.4 Å². The second-order valence-corrected chi connectivity index (χ2v) is 4.97. The van der Waals surface area contributed by atoms with Crippen LogP contribution in [0.1, 0.15) is 26.2 Å². The van der Waals surface area contributed by atoms with Gasteiger partial charge in [-0.15, -0.1) is 0 Å². The van der Waals surface area contributed by atoms with Crippen molar-refractivity contribution in [3.8, 4) is 5.75 Å². The molecule has 1 aliphatic rings. The van der Waals surface area contributed by atoms with Gasteiger partial charge < -0.3 is 19.9 Å². The van der Waals surface area contributed by atoms with Crippen LogP contribution >= 0.6 is 0 Å². The largest absolute Gasteiger partial charge is 0.506 e. The van der Waals surface area contributed by atoms with Gasteiger partial charge in [0.1, 0.15) is 11.9 Å². The van der Waals surface area contributed by atoms with Crippen LogP contribution in [0.2, 0.25) is 0 Å². The van der Waals surface area contributed by atoms with E-state index in [1.54, 1.807) is 25.1 Å². The lowest BCUT2D eigenvalue weighted by Crippen LogP contribution is -2.32. The zero-order valence-electron chi connectivity index (χ0n) is 11.7. The highest BCUT2D eigenvalue weighted by atomic mass is 16.5. The zero-order chi connectivity index (χ0) is 14.4. The van der Waals surface area contributed by atoms with Crippen molar-refractivity contribution in [1.29, 1.82) is 0 Å². The maximum absolute atomic E-state index is 11.9. The molecule has 2 N–H and O–H groups in total. The van der Waals surface area contributed by atoms with Crippen LogP contribution < -0.4 is 5.32 Å². The number of phenolic OH excluding ortho intramolecular Hbond substituents is 1. The highest BCUT2D eigenvalue weighted by molar-refractivity contribution is 5.95. The molecule has 0 aliphatic carbocycles. The molecule has 0 spiro atoms. The van der Waals surface area contributed by atoms with Crippen LogP contribution in [0, 0.1) is 0 Å². The third kappa shape index (κ3) is 4.21. The van der Waals surface area contributed by atoms with Crippen LogP contribution in [0.3, 0.4) is 0 Å². The summed E-state index contributed by atoms with van der Waals surface area (Å²) in [5.41, 5.74) is 0.391. The molecule has 1 aromatic carbocycles. The summed E-state index contributed by atoms with van der Waals surface area (Å²) in [4.78, 5) is 11.9. The average molecular weight is 279 g/mol. The molecular weight excluding hydrogens is 258 g/mol. The number of benzene rings is 1. The monoisotopic (exact) mass is 279 g/mol. The number of carbonyl (C=O) groups excluding carboxylic acids is 1. The Balaban J connectivity index is 1.78. The van der Waals surface area contributed by atoms with E-state index >= 15 is 0 Å². The lowest BCUT2D eigenvalue weighted by Gasteiger charge is -2.23. The van der Waals surface area contributed by atoms with Crippen LogP contribution in [-0.4, -0.2) is 36.4 Å².